The summed E-state index contributed by atoms with van der Waals surface area (Å²) in [5, 5.41) is 1.87. The number of pyridine rings is 1. The Morgan fingerprint density at radius 1 is 0.806 bits per heavy atom. The van der Waals surface area contributed by atoms with Crippen molar-refractivity contribution >= 4 is 22.6 Å². The Morgan fingerprint density at radius 2 is 1.53 bits per heavy atom. The molecule has 0 N–H and O–H groups in total. The normalized spacial score (nSPS) is 18.7. The summed E-state index contributed by atoms with van der Waals surface area (Å²) in [5.74, 6) is 0.633. The summed E-state index contributed by atoms with van der Waals surface area (Å²) < 4.78 is 21.3. The molecule has 0 amide bonds. The lowest BCUT2D eigenvalue weighted by Gasteiger charge is -2.25. The molecule has 0 bridgehead atoms. The zero-order valence-corrected chi connectivity index (χ0v) is 19.7. The lowest BCUT2D eigenvalue weighted by molar-refractivity contribution is 0.144. The average molecular weight is 470 g/mol. The molecule has 2 heterocycles. The molecular weight excluding hydrogens is 445 g/mol. The van der Waals surface area contributed by atoms with Gasteiger partial charge in [0.15, 0.2) is 0 Å². The van der Waals surface area contributed by atoms with Crippen LogP contribution in [0.1, 0.15) is 41.3 Å². The standard InChI is InChI=1S/C33H24FNO/c34-25-16-15-24-20-29(23-11-5-2-6-12-23)35-31(28(24)21-25)33(17-18-33)32-27-14-8-7-13-26(27)30(36-32)19-22-9-3-1-4-10-22/h1-16,19-21,32H,17-18H2/b30-19+. The van der Waals surface area contributed by atoms with Crippen LogP contribution in [0.15, 0.2) is 109 Å². The summed E-state index contributed by atoms with van der Waals surface area (Å²) in [6.07, 6.45) is 3.83. The van der Waals surface area contributed by atoms with E-state index in [4.69, 9.17) is 9.72 Å². The van der Waals surface area contributed by atoms with Crippen LogP contribution in [-0.4, -0.2) is 4.98 Å². The molecule has 1 unspecified atom stereocenters. The lowest BCUT2D eigenvalue weighted by Crippen LogP contribution is -2.20. The first-order valence-electron chi connectivity index (χ1n) is 12.4. The van der Waals surface area contributed by atoms with E-state index in [0.717, 1.165) is 57.5 Å². The molecule has 5 aromatic rings. The van der Waals surface area contributed by atoms with Crippen molar-refractivity contribution in [2.75, 3.05) is 0 Å². The fourth-order valence-electron chi connectivity index (χ4n) is 5.54. The smallest absolute Gasteiger partial charge is 0.136 e. The molecule has 0 saturated heterocycles. The highest BCUT2D eigenvalue weighted by atomic mass is 19.1. The number of hydrogen-bond donors (Lipinski definition) is 0. The van der Waals surface area contributed by atoms with Crippen LogP contribution in [0.4, 0.5) is 4.39 Å². The molecule has 1 fully saturated rings. The molecule has 1 aromatic heterocycles. The minimum Gasteiger partial charge on any atom is -0.484 e. The zero-order chi connectivity index (χ0) is 24.1. The fraction of sp³-hybridized carbons (Fsp3) is 0.121. The van der Waals surface area contributed by atoms with Crippen LogP contribution in [0.25, 0.3) is 33.9 Å². The van der Waals surface area contributed by atoms with E-state index in [0.29, 0.717) is 0 Å². The van der Waals surface area contributed by atoms with E-state index < -0.39 is 0 Å². The van der Waals surface area contributed by atoms with Crippen molar-refractivity contribution in [1.82, 2.24) is 4.98 Å². The number of nitrogens with zero attached hydrogens (tertiary/aromatic N) is 1. The third-order valence-electron chi connectivity index (χ3n) is 7.48. The van der Waals surface area contributed by atoms with E-state index in [1.54, 1.807) is 6.07 Å². The molecule has 1 saturated carbocycles. The SMILES string of the molecule is Fc1ccc2cc(-c3ccccc3)nc(C3(C4O/C(=C/c5ccccc5)c5ccccc54)CC3)c2c1. The maximum absolute atomic E-state index is 14.5. The summed E-state index contributed by atoms with van der Waals surface area (Å²) in [6.45, 7) is 0. The number of fused-ring (bicyclic) bond motifs is 2. The first-order chi connectivity index (χ1) is 17.7. The maximum Gasteiger partial charge on any atom is 0.136 e. The second kappa shape index (κ2) is 8.17. The highest BCUT2D eigenvalue weighted by Crippen LogP contribution is 2.62. The highest BCUT2D eigenvalue weighted by molar-refractivity contribution is 5.90. The van der Waals surface area contributed by atoms with Crippen molar-refractivity contribution in [3.8, 4) is 11.3 Å². The number of benzene rings is 4. The first kappa shape index (κ1) is 21.1. The maximum atomic E-state index is 14.5. The summed E-state index contributed by atoms with van der Waals surface area (Å²) in [6, 6.07) is 36.0. The number of hydrogen-bond acceptors (Lipinski definition) is 2. The second-order valence-electron chi connectivity index (χ2n) is 9.75. The number of rotatable bonds is 4. The molecule has 7 rings (SSSR count). The van der Waals surface area contributed by atoms with E-state index >= 15 is 0 Å². The summed E-state index contributed by atoms with van der Waals surface area (Å²) in [5.41, 5.74) is 5.98. The minimum atomic E-state index is -0.306. The lowest BCUT2D eigenvalue weighted by atomic mass is 9.85. The van der Waals surface area contributed by atoms with Gasteiger partial charge in [-0.2, -0.15) is 0 Å². The monoisotopic (exact) mass is 469 g/mol. The average Bonchev–Trinajstić information content (AvgIpc) is 3.65. The molecule has 0 radical (unpaired) electrons. The Kier molecular flexibility index (Phi) is 4.78. The summed E-state index contributed by atoms with van der Waals surface area (Å²) >= 11 is 0. The molecule has 2 aliphatic rings. The van der Waals surface area contributed by atoms with Gasteiger partial charge in [-0.1, -0.05) is 91.0 Å². The number of aromatic nitrogens is 1. The van der Waals surface area contributed by atoms with Crippen LogP contribution in [-0.2, 0) is 10.2 Å². The van der Waals surface area contributed by atoms with Crippen LogP contribution in [0.3, 0.4) is 0 Å². The van der Waals surface area contributed by atoms with Crippen molar-refractivity contribution in [3.63, 3.8) is 0 Å². The Bertz CT molecular complexity index is 1620. The molecule has 0 spiro atoms. The van der Waals surface area contributed by atoms with Gasteiger partial charge in [-0.05, 0) is 48.1 Å². The van der Waals surface area contributed by atoms with Gasteiger partial charge in [-0.25, -0.2) is 4.39 Å². The van der Waals surface area contributed by atoms with Crippen LogP contribution >= 0.6 is 0 Å². The third kappa shape index (κ3) is 3.43. The minimum absolute atomic E-state index is 0.173. The van der Waals surface area contributed by atoms with Crippen LogP contribution in [0.5, 0.6) is 0 Å². The van der Waals surface area contributed by atoms with E-state index in [1.165, 1.54) is 11.6 Å². The largest absolute Gasteiger partial charge is 0.484 e. The van der Waals surface area contributed by atoms with Crippen molar-refractivity contribution < 1.29 is 9.13 Å². The molecule has 2 nitrogen and oxygen atoms in total. The van der Waals surface area contributed by atoms with E-state index in [1.807, 2.05) is 42.5 Å². The Balaban J connectivity index is 1.40. The predicted molar refractivity (Wildman–Crippen MR) is 143 cm³/mol. The Hall–Kier alpha value is -4.24. The topological polar surface area (TPSA) is 22.1 Å². The van der Waals surface area contributed by atoms with Crippen molar-refractivity contribution in [1.29, 1.82) is 0 Å². The van der Waals surface area contributed by atoms with Gasteiger partial charge in [0, 0.05) is 22.1 Å². The quantitative estimate of drug-likeness (QED) is 0.264. The Labute approximate surface area is 209 Å². The highest BCUT2D eigenvalue weighted by Gasteiger charge is 2.57. The van der Waals surface area contributed by atoms with Gasteiger partial charge in [0.2, 0.25) is 0 Å². The summed E-state index contributed by atoms with van der Waals surface area (Å²) in [7, 11) is 0. The van der Waals surface area contributed by atoms with Gasteiger partial charge < -0.3 is 4.74 Å². The molecule has 1 atom stereocenters. The second-order valence-corrected chi connectivity index (χ2v) is 9.75. The van der Waals surface area contributed by atoms with E-state index in [-0.39, 0.29) is 17.3 Å². The van der Waals surface area contributed by atoms with E-state index in [2.05, 4.69) is 60.7 Å². The van der Waals surface area contributed by atoms with Crippen molar-refractivity contribution in [2.24, 2.45) is 0 Å². The van der Waals surface area contributed by atoms with Crippen LogP contribution in [0, 0.1) is 5.82 Å². The zero-order valence-electron chi connectivity index (χ0n) is 19.7. The summed E-state index contributed by atoms with van der Waals surface area (Å²) in [4.78, 5) is 5.21. The molecular formula is C33H24FNO. The number of halogens is 1. The van der Waals surface area contributed by atoms with Gasteiger partial charge in [-0.3, -0.25) is 4.98 Å². The van der Waals surface area contributed by atoms with Gasteiger partial charge >= 0.3 is 0 Å². The molecule has 3 heteroatoms. The van der Waals surface area contributed by atoms with Crippen molar-refractivity contribution in [2.45, 2.75) is 24.4 Å². The predicted octanol–water partition coefficient (Wildman–Crippen LogP) is 8.34. The molecule has 1 aliphatic carbocycles. The Morgan fingerprint density at radius 3 is 2.31 bits per heavy atom. The first-order valence-corrected chi connectivity index (χ1v) is 12.4. The van der Waals surface area contributed by atoms with Crippen LogP contribution < -0.4 is 0 Å². The molecule has 36 heavy (non-hydrogen) atoms. The molecule has 4 aromatic carbocycles. The van der Waals surface area contributed by atoms with Gasteiger partial charge in [-0.15, -0.1) is 0 Å². The fourth-order valence-corrected chi connectivity index (χ4v) is 5.54. The van der Waals surface area contributed by atoms with Gasteiger partial charge in [0.1, 0.15) is 17.7 Å². The van der Waals surface area contributed by atoms with E-state index in [9.17, 15) is 4.39 Å². The molecule has 174 valence electrons. The number of ether oxygens (including phenoxy) is 1. The van der Waals surface area contributed by atoms with Gasteiger partial charge in [0.25, 0.3) is 0 Å². The van der Waals surface area contributed by atoms with Crippen molar-refractivity contribution in [3.05, 3.63) is 137 Å². The van der Waals surface area contributed by atoms with Crippen LogP contribution in [0.2, 0.25) is 0 Å². The molecule has 1 aliphatic heterocycles. The van der Waals surface area contributed by atoms with Gasteiger partial charge in [0.05, 0.1) is 16.8 Å². The third-order valence-corrected chi connectivity index (χ3v) is 7.48.